The molecule has 34 heavy (non-hydrogen) atoms. The van der Waals surface area contributed by atoms with Gasteiger partial charge in [-0.15, -0.1) is 0 Å². The van der Waals surface area contributed by atoms with Crippen LogP contribution in [0.5, 0.6) is 0 Å². The molecule has 1 aliphatic heterocycles. The van der Waals surface area contributed by atoms with Gasteiger partial charge in [0, 0.05) is 78.1 Å². The molecule has 1 saturated carbocycles. The average molecular weight is 475 g/mol. The zero-order valence-corrected chi connectivity index (χ0v) is 21.3. The molecule has 2 aromatic heterocycles. The number of pyridine rings is 1. The van der Waals surface area contributed by atoms with Gasteiger partial charge in [0.1, 0.15) is 11.8 Å². The first-order valence-corrected chi connectivity index (χ1v) is 12.7. The fourth-order valence-electron chi connectivity index (χ4n) is 5.16. The molecule has 0 spiro atoms. The monoisotopic (exact) mass is 474 g/mol. The van der Waals surface area contributed by atoms with Crippen molar-refractivity contribution in [1.82, 2.24) is 19.8 Å². The van der Waals surface area contributed by atoms with E-state index in [4.69, 9.17) is 23.9 Å². The van der Waals surface area contributed by atoms with Gasteiger partial charge in [0.05, 0.1) is 24.2 Å². The summed E-state index contributed by atoms with van der Waals surface area (Å²) in [5, 5.41) is 3.48. The number of nitrogens with zero attached hydrogens (tertiary/aromatic N) is 3. The Morgan fingerprint density at radius 1 is 1.18 bits per heavy atom. The van der Waals surface area contributed by atoms with Crippen LogP contribution in [-0.4, -0.2) is 86.6 Å². The maximum atomic E-state index is 6.20. The third-order valence-corrected chi connectivity index (χ3v) is 7.32. The van der Waals surface area contributed by atoms with Crippen LogP contribution in [0.2, 0.25) is 0 Å². The normalized spacial score (nSPS) is 20.8. The molecule has 2 aromatic rings. The number of nitrogens with one attached hydrogen (secondary N) is 1. The van der Waals surface area contributed by atoms with E-state index in [0.717, 1.165) is 57.6 Å². The van der Waals surface area contributed by atoms with Crippen LogP contribution >= 0.6 is 0 Å². The summed E-state index contributed by atoms with van der Waals surface area (Å²) < 4.78 is 25.4. The Morgan fingerprint density at radius 2 is 2.00 bits per heavy atom. The van der Waals surface area contributed by atoms with Crippen LogP contribution in [0.3, 0.4) is 0 Å². The molecule has 2 atom stereocenters. The van der Waals surface area contributed by atoms with Gasteiger partial charge in [-0.2, -0.15) is 0 Å². The molecule has 1 N–H and O–H groups in total. The molecule has 0 bridgehead atoms. The summed E-state index contributed by atoms with van der Waals surface area (Å²) in [5.41, 5.74) is 4.36. The second-order valence-electron chi connectivity index (χ2n) is 9.64. The van der Waals surface area contributed by atoms with Crippen LogP contribution in [0.4, 0.5) is 0 Å². The molecule has 3 heterocycles. The van der Waals surface area contributed by atoms with Crippen molar-refractivity contribution in [2.24, 2.45) is 0 Å². The van der Waals surface area contributed by atoms with E-state index >= 15 is 0 Å². The number of rotatable bonds is 14. The van der Waals surface area contributed by atoms with Gasteiger partial charge in [0.25, 0.3) is 0 Å². The average Bonchev–Trinajstić information content (AvgIpc) is 3.66. The molecule has 1 aliphatic carbocycles. The fourth-order valence-corrected chi connectivity index (χ4v) is 5.16. The number of unbranched alkanes of at least 4 members (excludes halogenated alkanes) is 1. The molecular formula is C26H42N4O4. The number of fused-ring (bicyclic) bond motifs is 1. The van der Waals surface area contributed by atoms with Crippen molar-refractivity contribution in [1.29, 1.82) is 0 Å². The minimum atomic E-state index is -0.505. The maximum absolute atomic E-state index is 6.20. The van der Waals surface area contributed by atoms with Gasteiger partial charge < -0.3 is 28.8 Å². The van der Waals surface area contributed by atoms with E-state index in [1.807, 2.05) is 13.3 Å². The van der Waals surface area contributed by atoms with Gasteiger partial charge in [-0.3, -0.25) is 9.88 Å². The molecule has 1 saturated heterocycles. The number of morpholine rings is 1. The van der Waals surface area contributed by atoms with E-state index in [9.17, 15) is 0 Å². The zero-order valence-electron chi connectivity index (χ0n) is 21.3. The SMILES string of the molecule is COCCCCn1cc(CN(C2CC2)C(C)(OC)[C@H]2CNCCO2)c2nccc(CCOC)c21. The first-order chi connectivity index (χ1) is 16.6. The summed E-state index contributed by atoms with van der Waals surface area (Å²) in [5.74, 6) is 0. The lowest BCUT2D eigenvalue weighted by Gasteiger charge is -2.46. The number of ether oxygens (including phenoxy) is 4. The largest absolute Gasteiger partial charge is 0.385 e. The number of methoxy groups -OCH3 is 3. The van der Waals surface area contributed by atoms with Crippen LogP contribution in [0, 0.1) is 0 Å². The summed E-state index contributed by atoms with van der Waals surface area (Å²) in [6.07, 6.45) is 9.62. The maximum Gasteiger partial charge on any atom is 0.146 e. The Labute approximate surface area is 203 Å². The third-order valence-electron chi connectivity index (χ3n) is 7.32. The zero-order chi connectivity index (χ0) is 24.0. The molecule has 0 amide bonds. The molecule has 2 aliphatic rings. The van der Waals surface area contributed by atoms with Crippen molar-refractivity contribution in [3.8, 4) is 0 Å². The Morgan fingerprint density at radius 3 is 2.68 bits per heavy atom. The smallest absolute Gasteiger partial charge is 0.146 e. The molecular weight excluding hydrogens is 432 g/mol. The quantitative estimate of drug-likeness (QED) is 0.333. The van der Waals surface area contributed by atoms with Crippen molar-refractivity contribution >= 4 is 11.0 Å². The fraction of sp³-hybridized carbons (Fsp3) is 0.731. The van der Waals surface area contributed by atoms with E-state index in [0.29, 0.717) is 19.3 Å². The number of aromatic nitrogens is 2. The second-order valence-corrected chi connectivity index (χ2v) is 9.64. The molecule has 8 heteroatoms. The van der Waals surface area contributed by atoms with E-state index < -0.39 is 5.72 Å². The van der Waals surface area contributed by atoms with Crippen molar-refractivity contribution < 1.29 is 18.9 Å². The van der Waals surface area contributed by atoms with Gasteiger partial charge in [-0.05, 0) is 50.7 Å². The van der Waals surface area contributed by atoms with Crippen molar-refractivity contribution in [3.63, 3.8) is 0 Å². The van der Waals surface area contributed by atoms with Crippen molar-refractivity contribution in [2.75, 3.05) is 54.2 Å². The predicted octanol–water partition coefficient (Wildman–Crippen LogP) is 2.97. The van der Waals surface area contributed by atoms with Gasteiger partial charge in [0.15, 0.2) is 0 Å². The summed E-state index contributed by atoms with van der Waals surface area (Å²) in [6, 6.07) is 2.64. The van der Waals surface area contributed by atoms with Crippen LogP contribution in [-0.2, 0) is 38.5 Å². The highest BCUT2D eigenvalue weighted by molar-refractivity contribution is 5.83. The second kappa shape index (κ2) is 11.9. The number of aryl methyl sites for hydroxylation is 1. The Balaban J connectivity index is 1.66. The minimum Gasteiger partial charge on any atom is -0.385 e. The van der Waals surface area contributed by atoms with E-state index in [1.54, 1.807) is 14.2 Å². The van der Waals surface area contributed by atoms with Gasteiger partial charge in [-0.1, -0.05) is 0 Å². The van der Waals surface area contributed by atoms with Crippen LogP contribution in [0.15, 0.2) is 18.5 Å². The van der Waals surface area contributed by atoms with Gasteiger partial charge in [0.2, 0.25) is 0 Å². The Kier molecular flexibility index (Phi) is 8.96. The standard InChI is InChI=1S/C26H42N4O4/c1-26(33-4,23-17-27-12-16-34-23)30(22-7-8-22)19-21-18-29(13-5-6-14-31-2)25-20(10-15-32-3)9-11-28-24(21)25/h9,11,18,22-23,27H,5-8,10,12-17,19H2,1-4H3/t23-,26?/m1/s1. The minimum absolute atomic E-state index is 0.0144. The molecule has 190 valence electrons. The Hall–Kier alpha value is -1.55. The van der Waals surface area contributed by atoms with E-state index in [1.165, 1.54) is 29.5 Å². The highest BCUT2D eigenvalue weighted by Gasteiger charge is 2.48. The lowest BCUT2D eigenvalue weighted by atomic mass is 10.0. The lowest BCUT2D eigenvalue weighted by molar-refractivity contribution is -0.214. The molecule has 0 radical (unpaired) electrons. The first-order valence-electron chi connectivity index (χ1n) is 12.7. The third kappa shape index (κ3) is 5.64. The summed E-state index contributed by atoms with van der Waals surface area (Å²) in [7, 11) is 5.34. The van der Waals surface area contributed by atoms with Crippen molar-refractivity contribution in [3.05, 3.63) is 29.6 Å². The molecule has 0 aromatic carbocycles. The molecule has 8 nitrogen and oxygen atoms in total. The molecule has 4 rings (SSSR count). The summed E-state index contributed by atoms with van der Waals surface area (Å²) in [6.45, 7) is 7.82. The number of hydrogen-bond donors (Lipinski definition) is 1. The van der Waals surface area contributed by atoms with Crippen LogP contribution in [0.1, 0.15) is 43.7 Å². The van der Waals surface area contributed by atoms with Gasteiger partial charge in [-0.25, -0.2) is 0 Å². The first kappa shape index (κ1) is 25.5. The van der Waals surface area contributed by atoms with Crippen molar-refractivity contribution in [2.45, 2.75) is 70.0 Å². The number of hydrogen-bond acceptors (Lipinski definition) is 7. The van der Waals surface area contributed by atoms with Crippen LogP contribution in [0.25, 0.3) is 11.0 Å². The summed E-state index contributed by atoms with van der Waals surface area (Å²) >= 11 is 0. The van der Waals surface area contributed by atoms with E-state index in [-0.39, 0.29) is 6.10 Å². The summed E-state index contributed by atoms with van der Waals surface area (Å²) in [4.78, 5) is 7.38. The Bertz CT molecular complexity index is 910. The van der Waals surface area contributed by atoms with Gasteiger partial charge >= 0.3 is 0 Å². The predicted molar refractivity (Wildman–Crippen MR) is 133 cm³/mol. The topological polar surface area (TPSA) is 70.0 Å². The molecule has 2 fully saturated rings. The van der Waals surface area contributed by atoms with Crippen LogP contribution < -0.4 is 5.32 Å². The van der Waals surface area contributed by atoms with E-state index in [2.05, 4.69) is 34.0 Å². The molecule has 1 unspecified atom stereocenters. The highest BCUT2D eigenvalue weighted by atomic mass is 16.6. The lowest BCUT2D eigenvalue weighted by Crippen LogP contribution is -2.62. The highest BCUT2D eigenvalue weighted by Crippen LogP contribution is 2.38.